The van der Waals surface area contributed by atoms with Crippen LogP contribution in [0.15, 0.2) is 17.0 Å². The molecule has 3 heteroatoms. The van der Waals surface area contributed by atoms with Gasteiger partial charge in [-0.05, 0) is 67.8 Å². The lowest BCUT2D eigenvalue weighted by Gasteiger charge is -2.25. The van der Waals surface area contributed by atoms with Crippen molar-refractivity contribution < 1.29 is 4.74 Å². The molecule has 1 aromatic carbocycles. The third kappa shape index (κ3) is 2.83. The van der Waals surface area contributed by atoms with Crippen molar-refractivity contribution in [2.75, 3.05) is 26.5 Å². The zero-order valence-corrected chi connectivity index (χ0v) is 12.4. The molecule has 1 aliphatic heterocycles. The van der Waals surface area contributed by atoms with Gasteiger partial charge in [-0.1, -0.05) is 6.92 Å². The zero-order chi connectivity index (χ0) is 13.0. The highest BCUT2D eigenvalue weighted by molar-refractivity contribution is 7.98. The molecule has 18 heavy (non-hydrogen) atoms. The van der Waals surface area contributed by atoms with Crippen LogP contribution < -0.4 is 10.1 Å². The molecule has 0 unspecified atom stereocenters. The first kappa shape index (κ1) is 13.8. The lowest BCUT2D eigenvalue weighted by atomic mass is 9.88. The van der Waals surface area contributed by atoms with Crippen molar-refractivity contribution in [2.24, 2.45) is 0 Å². The first-order valence-electron chi connectivity index (χ1n) is 6.75. The van der Waals surface area contributed by atoms with Crippen LogP contribution in [-0.4, -0.2) is 26.5 Å². The number of benzene rings is 1. The Morgan fingerprint density at radius 2 is 2.06 bits per heavy atom. The predicted octanol–water partition coefficient (Wildman–Crippen LogP) is 3.45. The molecule has 1 N–H and O–H groups in total. The summed E-state index contributed by atoms with van der Waals surface area (Å²) >= 11 is 1.85. The molecule has 0 aliphatic carbocycles. The molecule has 0 bridgehead atoms. The van der Waals surface area contributed by atoms with Gasteiger partial charge in [0, 0.05) is 4.90 Å². The number of aryl methyl sites for hydroxylation is 1. The van der Waals surface area contributed by atoms with Crippen molar-refractivity contribution in [3.63, 3.8) is 0 Å². The van der Waals surface area contributed by atoms with E-state index in [2.05, 4.69) is 30.6 Å². The molecule has 1 heterocycles. The van der Waals surface area contributed by atoms with Crippen molar-refractivity contribution in [1.29, 1.82) is 0 Å². The second-order valence-electron chi connectivity index (χ2n) is 4.78. The molecule has 0 atom stereocenters. The van der Waals surface area contributed by atoms with Crippen LogP contribution in [0.1, 0.15) is 36.8 Å². The Labute approximate surface area is 114 Å². The van der Waals surface area contributed by atoms with Crippen LogP contribution in [0.25, 0.3) is 0 Å². The average molecular weight is 265 g/mol. The number of hydrogen-bond donors (Lipinski definition) is 1. The highest BCUT2D eigenvalue weighted by atomic mass is 32.2. The van der Waals surface area contributed by atoms with Crippen LogP contribution in [0.2, 0.25) is 0 Å². The van der Waals surface area contributed by atoms with Crippen LogP contribution in [0.3, 0.4) is 0 Å². The van der Waals surface area contributed by atoms with Crippen LogP contribution in [0.5, 0.6) is 5.75 Å². The van der Waals surface area contributed by atoms with E-state index in [0.717, 1.165) is 25.3 Å². The molecule has 0 saturated carbocycles. The lowest BCUT2D eigenvalue weighted by molar-refractivity contribution is 0.390. The van der Waals surface area contributed by atoms with Gasteiger partial charge in [-0.15, -0.1) is 11.8 Å². The largest absolute Gasteiger partial charge is 0.496 e. The van der Waals surface area contributed by atoms with E-state index in [1.165, 1.54) is 28.9 Å². The van der Waals surface area contributed by atoms with Gasteiger partial charge in [-0.25, -0.2) is 0 Å². The Morgan fingerprint density at radius 1 is 1.33 bits per heavy atom. The number of ether oxygens (including phenoxy) is 1. The summed E-state index contributed by atoms with van der Waals surface area (Å²) in [7, 11) is 1.79. The molecule has 2 rings (SSSR count). The van der Waals surface area contributed by atoms with E-state index in [-0.39, 0.29) is 0 Å². The Balaban J connectivity index is 2.37. The summed E-state index contributed by atoms with van der Waals surface area (Å²) in [6, 6.07) is 4.60. The number of thioether (sulfide) groups is 1. The van der Waals surface area contributed by atoms with Gasteiger partial charge >= 0.3 is 0 Å². The van der Waals surface area contributed by atoms with Crippen molar-refractivity contribution in [3.8, 4) is 5.75 Å². The smallest absolute Gasteiger partial charge is 0.122 e. The normalized spacial score (nSPS) is 16.8. The summed E-state index contributed by atoms with van der Waals surface area (Å²) in [6.07, 6.45) is 5.66. The third-order valence-electron chi connectivity index (χ3n) is 3.79. The quantitative estimate of drug-likeness (QED) is 0.843. The van der Waals surface area contributed by atoms with Gasteiger partial charge in [0.05, 0.1) is 7.11 Å². The van der Waals surface area contributed by atoms with Crippen molar-refractivity contribution in [2.45, 2.75) is 37.0 Å². The lowest BCUT2D eigenvalue weighted by Crippen LogP contribution is -2.26. The number of hydrogen-bond acceptors (Lipinski definition) is 3. The Morgan fingerprint density at radius 3 is 2.61 bits per heavy atom. The summed E-state index contributed by atoms with van der Waals surface area (Å²) in [4.78, 5) is 1.41. The Kier molecular flexibility index (Phi) is 4.95. The van der Waals surface area contributed by atoms with E-state index in [4.69, 9.17) is 4.74 Å². The fourth-order valence-corrected chi connectivity index (χ4v) is 3.42. The van der Waals surface area contributed by atoms with E-state index in [9.17, 15) is 0 Å². The minimum Gasteiger partial charge on any atom is -0.496 e. The SMILES string of the molecule is CCc1cc(OC)c(C2CCNCC2)cc1SC. The Bertz CT molecular complexity index is 400. The molecule has 1 saturated heterocycles. The van der Waals surface area contributed by atoms with Gasteiger partial charge in [0.1, 0.15) is 5.75 Å². The average Bonchev–Trinajstić information content (AvgIpc) is 2.46. The molecular weight excluding hydrogens is 242 g/mol. The van der Waals surface area contributed by atoms with E-state index in [0.29, 0.717) is 5.92 Å². The third-order valence-corrected chi connectivity index (χ3v) is 4.61. The fourth-order valence-electron chi connectivity index (χ4n) is 2.71. The summed E-state index contributed by atoms with van der Waals surface area (Å²) in [6.45, 7) is 4.45. The van der Waals surface area contributed by atoms with Gasteiger partial charge in [0.2, 0.25) is 0 Å². The molecule has 1 aliphatic rings. The summed E-state index contributed by atoms with van der Waals surface area (Å²) < 4.78 is 5.61. The van der Waals surface area contributed by atoms with Crippen LogP contribution >= 0.6 is 11.8 Å². The topological polar surface area (TPSA) is 21.3 Å². The molecule has 100 valence electrons. The maximum atomic E-state index is 5.61. The fraction of sp³-hybridized carbons (Fsp3) is 0.600. The molecule has 0 spiro atoms. The monoisotopic (exact) mass is 265 g/mol. The predicted molar refractivity (Wildman–Crippen MR) is 79.0 cm³/mol. The molecule has 0 radical (unpaired) electrons. The van der Waals surface area contributed by atoms with E-state index in [1.807, 2.05) is 11.8 Å². The summed E-state index contributed by atoms with van der Waals surface area (Å²) in [5.41, 5.74) is 2.80. The highest BCUT2D eigenvalue weighted by Crippen LogP contribution is 2.37. The zero-order valence-electron chi connectivity index (χ0n) is 11.6. The van der Waals surface area contributed by atoms with E-state index >= 15 is 0 Å². The highest BCUT2D eigenvalue weighted by Gasteiger charge is 2.20. The first-order chi connectivity index (χ1) is 8.80. The number of rotatable bonds is 4. The Hall–Kier alpha value is -0.670. The van der Waals surface area contributed by atoms with Gasteiger partial charge in [-0.3, -0.25) is 0 Å². The molecule has 2 nitrogen and oxygen atoms in total. The maximum Gasteiger partial charge on any atom is 0.122 e. The van der Waals surface area contributed by atoms with Crippen molar-refractivity contribution in [1.82, 2.24) is 5.32 Å². The standard InChI is InChI=1S/C15H23NOS/c1-4-11-9-14(17-2)13(10-15(11)18-3)12-5-7-16-8-6-12/h9-10,12,16H,4-8H2,1-3H3. The maximum absolute atomic E-state index is 5.61. The summed E-state index contributed by atoms with van der Waals surface area (Å²) in [5, 5.41) is 3.43. The molecule has 0 aromatic heterocycles. The second kappa shape index (κ2) is 6.48. The van der Waals surface area contributed by atoms with Crippen LogP contribution in [-0.2, 0) is 6.42 Å². The minimum absolute atomic E-state index is 0.651. The van der Waals surface area contributed by atoms with Gasteiger partial charge in [-0.2, -0.15) is 0 Å². The van der Waals surface area contributed by atoms with Gasteiger partial charge in [0.25, 0.3) is 0 Å². The van der Waals surface area contributed by atoms with Crippen molar-refractivity contribution >= 4 is 11.8 Å². The van der Waals surface area contributed by atoms with Crippen LogP contribution in [0.4, 0.5) is 0 Å². The minimum atomic E-state index is 0.651. The molecule has 1 fully saturated rings. The number of methoxy groups -OCH3 is 1. The van der Waals surface area contributed by atoms with Crippen LogP contribution in [0, 0.1) is 0 Å². The molecule has 0 amide bonds. The number of piperidine rings is 1. The number of nitrogens with one attached hydrogen (secondary N) is 1. The van der Waals surface area contributed by atoms with E-state index in [1.54, 1.807) is 7.11 Å². The molecular formula is C15H23NOS. The van der Waals surface area contributed by atoms with E-state index < -0.39 is 0 Å². The first-order valence-corrected chi connectivity index (χ1v) is 7.98. The van der Waals surface area contributed by atoms with Crippen molar-refractivity contribution in [3.05, 3.63) is 23.3 Å². The van der Waals surface area contributed by atoms with Gasteiger partial charge in [0.15, 0.2) is 0 Å². The molecule has 1 aromatic rings. The van der Waals surface area contributed by atoms with Gasteiger partial charge < -0.3 is 10.1 Å². The second-order valence-corrected chi connectivity index (χ2v) is 5.63. The summed E-state index contributed by atoms with van der Waals surface area (Å²) in [5.74, 6) is 1.73.